The van der Waals surface area contributed by atoms with Crippen molar-refractivity contribution < 1.29 is 9.53 Å². The highest BCUT2D eigenvalue weighted by molar-refractivity contribution is 5.79. The van der Waals surface area contributed by atoms with Crippen LogP contribution in [-0.2, 0) is 9.53 Å². The van der Waals surface area contributed by atoms with Crippen LogP contribution in [0.15, 0.2) is 0 Å². The summed E-state index contributed by atoms with van der Waals surface area (Å²) in [6, 6.07) is 0.337. The normalized spacial score (nSPS) is 21.8. The molecular formula is C19H33N3O2. The van der Waals surface area contributed by atoms with Gasteiger partial charge in [-0.2, -0.15) is 0 Å². The monoisotopic (exact) mass is 335 g/mol. The SMILES string of the molecule is C#CCN1CCC(C(=O)NC2CCN(CCOC(C)C)CC2)CC1. The molecule has 2 rings (SSSR count). The molecule has 0 aromatic heterocycles. The molecule has 0 saturated carbocycles. The lowest BCUT2D eigenvalue weighted by Gasteiger charge is -2.34. The minimum Gasteiger partial charge on any atom is -0.377 e. The van der Waals surface area contributed by atoms with Gasteiger partial charge in [0, 0.05) is 31.6 Å². The van der Waals surface area contributed by atoms with Gasteiger partial charge < -0.3 is 15.0 Å². The number of ether oxygens (including phenoxy) is 1. The highest BCUT2D eigenvalue weighted by Gasteiger charge is 2.27. The van der Waals surface area contributed by atoms with Crippen molar-refractivity contribution in [3.05, 3.63) is 0 Å². The lowest BCUT2D eigenvalue weighted by atomic mass is 9.94. The summed E-state index contributed by atoms with van der Waals surface area (Å²) in [5, 5.41) is 3.27. The quantitative estimate of drug-likeness (QED) is 0.713. The van der Waals surface area contributed by atoms with E-state index < -0.39 is 0 Å². The molecule has 1 amide bonds. The number of piperidine rings is 2. The third-order valence-electron chi connectivity index (χ3n) is 5.07. The molecule has 0 radical (unpaired) electrons. The Morgan fingerprint density at radius 3 is 2.38 bits per heavy atom. The van der Waals surface area contributed by atoms with Crippen LogP contribution in [0.4, 0.5) is 0 Å². The Morgan fingerprint density at radius 2 is 1.79 bits per heavy atom. The molecule has 2 aliphatic heterocycles. The molecule has 0 unspecified atom stereocenters. The number of likely N-dealkylation sites (tertiary alicyclic amines) is 2. The number of nitrogens with zero attached hydrogens (tertiary/aromatic N) is 2. The van der Waals surface area contributed by atoms with Gasteiger partial charge in [0.1, 0.15) is 0 Å². The van der Waals surface area contributed by atoms with E-state index in [-0.39, 0.29) is 11.8 Å². The fraction of sp³-hybridized carbons (Fsp3) is 0.842. The molecular weight excluding hydrogens is 302 g/mol. The van der Waals surface area contributed by atoms with Gasteiger partial charge >= 0.3 is 0 Å². The van der Waals surface area contributed by atoms with Gasteiger partial charge in [-0.15, -0.1) is 6.42 Å². The Balaban J connectivity index is 1.61. The fourth-order valence-corrected chi connectivity index (χ4v) is 3.52. The van der Waals surface area contributed by atoms with Gasteiger partial charge in [-0.3, -0.25) is 9.69 Å². The molecule has 24 heavy (non-hydrogen) atoms. The van der Waals surface area contributed by atoms with Crippen molar-refractivity contribution in [2.24, 2.45) is 5.92 Å². The van der Waals surface area contributed by atoms with Crippen molar-refractivity contribution in [3.63, 3.8) is 0 Å². The summed E-state index contributed by atoms with van der Waals surface area (Å²) in [5.74, 6) is 3.09. The third-order valence-corrected chi connectivity index (χ3v) is 5.07. The number of rotatable bonds is 7. The van der Waals surface area contributed by atoms with Gasteiger partial charge in [0.25, 0.3) is 0 Å². The fourth-order valence-electron chi connectivity index (χ4n) is 3.52. The second-order valence-corrected chi connectivity index (χ2v) is 7.30. The number of terminal acetylenes is 1. The van der Waals surface area contributed by atoms with Crippen molar-refractivity contribution >= 4 is 5.91 Å². The second kappa shape index (κ2) is 10.0. The van der Waals surface area contributed by atoms with Crippen LogP contribution in [-0.4, -0.2) is 73.7 Å². The Bertz CT molecular complexity index is 417. The predicted molar refractivity (Wildman–Crippen MR) is 96.7 cm³/mol. The Kier molecular flexibility index (Phi) is 8.04. The summed E-state index contributed by atoms with van der Waals surface area (Å²) >= 11 is 0. The largest absolute Gasteiger partial charge is 0.377 e. The van der Waals surface area contributed by atoms with Crippen molar-refractivity contribution in [2.75, 3.05) is 45.9 Å². The summed E-state index contributed by atoms with van der Waals surface area (Å²) in [6.07, 6.45) is 9.60. The van der Waals surface area contributed by atoms with Crippen molar-refractivity contribution in [3.8, 4) is 12.3 Å². The van der Waals surface area contributed by atoms with E-state index >= 15 is 0 Å². The molecule has 0 bridgehead atoms. The van der Waals surface area contributed by atoms with Crippen LogP contribution in [0, 0.1) is 18.3 Å². The zero-order chi connectivity index (χ0) is 17.4. The topological polar surface area (TPSA) is 44.8 Å². The van der Waals surface area contributed by atoms with E-state index in [1.54, 1.807) is 0 Å². The van der Waals surface area contributed by atoms with Gasteiger partial charge in [0.2, 0.25) is 5.91 Å². The maximum atomic E-state index is 12.5. The maximum Gasteiger partial charge on any atom is 0.223 e. The molecule has 5 heteroatoms. The van der Waals surface area contributed by atoms with Crippen LogP contribution in [0.3, 0.4) is 0 Å². The average Bonchev–Trinajstić information content (AvgIpc) is 2.57. The van der Waals surface area contributed by atoms with E-state index in [2.05, 4.69) is 34.9 Å². The molecule has 2 fully saturated rings. The number of amides is 1. The molecule has 0 aliphatic carbocycles. The summed E-state index contributed by atoms with van der Waals surface area (Å²) in [5.41, 5.74) is 0. The van der Waals surface area contributed by atoms with Crippen molar-refractivity contribution in [1.29, 1.82) is 0 Å². The Morgan fingerprint density at radius 1 is 1.17 bits per heavy atom. The summed E-state index contributed by atoms with van der Waals surface area (Å²) in [6.45, 7) is 10.6. The first-order valence-electron chi connectivity index (χ1n) is 9.38. The minimum absolute atomic E-state index is 0.163. The zero-order valence-corrected chi connectivity index (χ0v) is 15.3. The number of carbonyl (C=O) groups is 1. The van der Waals surface area contributed by atoms with Crippen LogP contribution in [0.2, 0.25) is 0 Å². The summed E-state index contributed by atoms with van der Waals surface area (Å²) < 4.78 is 5.61. The van der Waals surface area contributed by atoms with Crippen LogP contribution in [0.1, 0.15) is 39.5 Å². The molecule has 2 aliphatic rings. The Labute approximate surface area is 147 Å². The molecule has 0 aromatic carbocycles. The van der Waals surface area contributed by atoms with Gasteiger partial charge in [-0.25, -0.2) is 0 Å². The highest BCUT2D eigenvalue weighted by Crippen LogP contribution is 2.18. The summed E-state index contributed by atoms with van der Waals surface area (Å²) in [4.78, 5) is 17.1. The highest BCUT2D eigenvalue weighted by atomic mass is 16.5. The standard InChI is InChI=1S/C19H33N3O2/c1-4-9-21-10-5-17(6-11-21)19(23)20-18-7-12-22(13-8-18)14-15-24-16(2)3/h1,16-18H,5-15H2,2-3H3,(H,20,23). The van der Waals surface area contributed by atoms with E-state index in [1.807, 2.05) is 0 Å². The van der Waals surface area contributed by atoms with Gasteiger partial charge in [-0.05, 0) is 52.6 Å². The van der Waals surface area contributed by atoms with E-state index in [9.17, 15) is 4.79 Å². The second-order valence-electron chi connectivity index (χ2n) is 7.30. The molecule has 0 aromatic rings. The first-order valence-corrected chi connectivity index (χ1v) is 9.38. The molecule has 136 valence electrons. The molecule has 0 spiro atoms. The first kappa shape index (κ1) is 19.2. The van der Waals surface area contributed by atoms with E-state index in [1.165, 1.54) is 0 Å². The van der Waals surface area contributed by atoms with Crippen LogP contribution < -0.4 is 5.32 Å². The summed E-state index contributed by atoms with van der Waals surface area (Å²) in [7, 11) is 0. The number of hydrogen-bond acceptors (Lipinski definition) is 4. The van der Waals surface area contributed by atoms with E-state index in [0.29, 0.717) is 18.7 Å². The molecule has 5 nitrogen and oxygen atoms in total. The van der Waals surface area contributed by atoms with E-state index in [0.717, 1.165) is 65.0 Å². The maximum absolute atomic E-state index is 12.5. The molecule has 1 N–H and O–H groups in total. The number of carbonyl (C=O) groups excluding carboxylic acids is 1. The van der Waals surface area contributed by atoms with Gasteiger partial charge in [0.15, 0.2) is 0 Å². The van der Waals surface area contributed by atoms with Gasteiger partial charge in [-0.1, -0.05) is 5.92 Å². The smallest absolute Gasteiger partial charge is 0.223 e. The number of nitrogens with one attached hydrogen (secondary N) is 1. The zero-order valence-electron chi connectivity index (χ0n) is 15.3. The molecule has 2 saturated heterocycles. The first-order chi connectivity index (χ1) is 11.6. The van der Waals surface area contributed by atoms with Crippen LogP contribution >= 0.6 is 0 Å². The van der Waals surface area contributed by atoms with Crippen LogP contribution in [0.5, 0.6) is 0 Å². The molecule has 2 heterocycles. The lowest BCUT2D eigenvalue weighted by molar-refractivity contribution is -0.127. The van der Waals surface area contributed by atoms with Gasteiger partial charge in [0.05, 0.1) is 19.3 Å². The average molecular weight is 335 g/mol. The third kappa shape index (κ3) is 6.43. The molecule has 0 atom stereocenters. The lowest BCUT2D eigenvalue weighted by Crippen LogP contribution is -2.48. The predicted octanol–water partition coefficient (Wildman–Crippen LogP) is 1.34. The number of hydrogen-bond donors (Lipinski definition) is 1. The Hall–Kier alpha value is -1.09. The van der Waals surface area contributed by atoms with E-state index in [4.69, 9.17) is 11.2 Å². The van der Waals surface area contributed by atoms with Crippen molar-refractivity contribution in [1.82, 2.24) is 15.1 Å². The van der Waals surface area contributed by atoms with Crippen LogP contribution in [0.25, 0.3) is 0 Å². The minimum atomic E-state index is 0.163. The van der Waals surface area contributed by atoms with Crippen molar-refractivity contribution in [2.45, 2.75) is 51.7 Å².